The van der Waals surface area contributed by atoms with Crippen LogP contribution < -0.4 is 0 Å². The monoisotopic (exact) mass is 239 g/mol. The Morgan fingerprint density at radius 1 is 1.07 bits per heavy atom. The number of aromatic amines is 1. The Morgan fingerprint density at radius 2 is 1.73 bits per heavy atom. The van der Waals surface area contributed by atoms with Crippen molar-refractivity contribution in [2.45, 2.75) is 0 Å². The lowest BCUT2D eigenvalue weighted by Gasteiger charge is -2.00. The Hall–Kier alpha value is -1.25. The lowest BCUT2D eigenvalue weighted by atomic mass is 10.1. The van der Waals surface area contributed by atoms with Crippen LogP contribution in [0.25, 0.3) is 0 Å². The molecule has 0 atom stereocenters. The average molecular weight is 240 g/mol. The van der Waals surface area contributed by atoms with E-state index in [4.69, 9.17) is 23.2 Å². The number of carbonyl (C=O) groups is 1. The van der Waals surface area contributed by atoms with E-state index in [1.165, 1.54) is 0 Å². The normalized spacial score (nSPS) is 10.3. The van der Waals surface area contributed by atoms with E-state index in [1.807, 2.05) is 0 Å². The minimum atomic E-state index is -0.0966. The van der Waals surface area contributed by atoms with E-state index in [0.717, 1.165) is 0 Å². The zero-order chi connectivity index (χ0) is 10.8. The highest BCUT2D eigenvalue weighted by atomic mass is 35.5. The van der Waals surface area contributed by atoms with Gasteiger partial charge in [0.05, 0.1) is 0 Å². The molecule has 2 nitrogen and oxygen atoms in total. The molecule has 2 aromatic rings. The number of halogens is 2. The second-order valence-corrected chi connectivity index (χ2v) is 3.96. The van der Waals surface area contributed by atoms with Crippen molar-refractivity contribution in [1.82, 2.24) is 4.98 Å². The number of ketones is 1. The lowest BCUT2D eigenvalue weighted by Crippen LogP contribution is -1.99. The van der Waals surface area contributed by atoms with Gasteiger partial charge in [-0.15, -0.1) is 0 Å². The van der Waals surface area contributed by atoms with Crippen LogP contribution in [-0.4, -0.2) is 10.8 Å². The molecule has 0 radical (unpaired) electrons. The van der Waals surface area contributed by atoms with Gasteiger partial charge in [-0.2, -0.15) is 0 Å². The minimum absolute atomic E-state index is 0.0966. The summed E-state index contributed by atoms with van der Waals surface area (Å²) in [6.45, 7) is 0. The smallest absolute Gasteiger partial charge is 0.194 e. The standard InChI is InChI=1S/C11H7Cl2NO/c12-9-3-8(4-10(13)5-9)11(15)7-1-2-14-6-7/h1-6,14H. The summed E-state index contributed by atoms with van der Waals surface area (Å²) < 4.78 is 0. The number of rotatable bonds is 2. The second-order valence-electron chi connectivity index (χ2n) is 3.09. The van der Waals surface area contributed by atoms with Crippen LogP contribution in [0.2, 0.25) is 10.0 Å². The maximum Gasteiger partial charge on any atom is 0.194 e. The minimum Gasteiger partial charge on any atom is -0.367 e. The van der Waals surface area contributed by atoms with Gasteiger partial charge in [0.2, 0.25) is 0 Å². The molecule has 15 heavy (non-hydrogen) atoms. The molecule has 4 heteroatoms. The summed E-state index contributed by atoms with van der Waals surface area (Å²) in [5.74, 6) is -0.0966. The molecule has 76 valence electrons. The van der Waals surface area contributed by atoms with Crippen molar-refractivity contribution in [3.05, 3.63) is 57.8 Å². The van der Waals surface area contributed by atoms with Crippen LogP contribution in [0.4, 0.5) is 0 Å². The Morgan fingerprint density at radius 3 is 2.27 bits per heavy atom. The lowest BCUT2D eigenvalue weighted by molar-refractivity contribution is 0.103. The average Bonchev–Trinajstić information content (AvgIpc) is 2.67. The second kappa shape index (κ2) is 4.09. The molecule has 0 aliphatic carbocycles. The summed E-state index contributed by atoms with van der Waals surface area (Å²) >= 11 is 11.6. The molecule has 0 saturated carbocycles. The van der Waals surface area contributed by atoms with Gasteiger partial charge in [-0.1, -0.05) is 23.2 Å². The molecule has 1 aromatic carbocycles. The van der Waals surface area contributed by atoms with Crippen molar-refractivity contribution < 1.29 is 4.79 Å². The quantitative estimate of drug-likeness (QED) is 0.800. The SMILES string of the molecule is O=C(c1cc[nH]c1)c1cc(Cl)cc(Cl)c1. The molecule has 2 rings (SSSR count). The van der Waals surface area contributed by atoms with E-state index in [9.17, 15) is 4.79 Å². The first-order valence-corrected chi connectivity index (χ1v) is 5.06. The summed E-state index contributed by atoms with van der Waals surface area (Å²) in [7, 11) is 0. The molecule has 0 spiro atoms. The summed E-state index contributed by atoms with van der Waals surface area (Å²) in [5, 5.41) is 0.919. The van der Waals surface area contributed by atoms with Crippen LogP contribution in [0.15, 0.2) is 36.7 Å². The third-order valence-corrected chi connectivity index (χ3v) is 2.42. The summed E-state index contributed by atoms with van der Waals surface area (Å²) in [6.07, 6.45) is 3.33. The van der Waals surface area contributed by atoms with Crippen LogP contribution >= 0.6 is 23.2 Å². The van der Waals surface area contributed by atoms with Gasteiger partial charge in [-0.25, -0.2) is 0 Å². The first kappa shape index (κ1) is 10.3. The molecule has 0 bridgehead atoms. The number of nitrogens with one attached hydrogen (secondary N) is 1. The van der Waals surface area contributed by atoms with E-state index in [2.05, 4.69) is 4.98 Å². The molecule has 1 aromatic heterocycles. The van der Waals surface area contributed by atoms with Gasteiger partial charge >= 0.3 is 0 Å². The van der Waals surface area contributed by atoms with Crippen LogP contribution in [-0.2, 0) is 0 Å². The van der Waals surface area contributed by atoms with Gasteiger partial charge in [0, 0.05) is 33.6 Å². The maximum atomic E-state index is 11.9. The van der Waals surface area contributed by atoms with Crippen LogP contribution in [0.1, 0.15) is 15.9 Å². The van der Waals surface area contributed by atoms with Crippen LogP contribution in [0, 0.1) is 0 Å². The Labute approximate surface area is 96.8 Å². The van der Waals surface area contributed by atoms with Crippen LogP contribution in [0.3, 0.4) is 0 Å². The third-order valence-electron chi connectivity index (χ3n) is 1.98. The van der Waals surface area contributed by atoms with E-state index in [1.54, 1.807) is 36.7 Å². The zero-order valence-corrected chi connectivity index (χ0v) is 9.14. The maximum absolute atomic E-state index is 11.9. The number of H-pyrrole nitrogens is 1. The predicted octanol–water partition coefficient (Wildman–Crippen LogP) is 3.55. The first-order chi connectivity index (χ1) is 7.16. The molecule has 0 aliphatic heterocycles. The Bertz CT molecular complexity index is 471. The van der Waals surface area contributed by atoms with Crippen molar-refractivity contribution in [3.8, 4) is 0 Å². The van der Waals surface area contributed by atoms with Gasteiger partial charge < -0.3 is 4.98 Å². The Balaban J connectivity index is 2.42. The molecule has 1 N–H and O–H groups in total. The number of aromatic nitrogens is 1. The molecule has 0 aliphatic rings. The fourth-order valence-electron chi connectivity index (χ4n) is 1.32. The number of benzene rings is 1. The van der Waals surface area contributed by atoms with Gasteiger partial charge in [0.25, 0.3) is 0 Å². The molecule has 0 unspecified atom stereocenters. The number of carbonyl (C=O) groups excluding carboxylic acids is 1. The molecular formula is C11H7Cl2NO. The number of hydrogen-bond acceptors (Lipinski definition) is 1. The zero-order valence-electron chi connectivity index (χ0n) is 7.63. The highest BCUT2D eigenvalue weighted by Crippen LogP contribution is 2.21. The molecular weight excluding hydrogens is 233 g/mol. The number of hydrogen-bond donors (Lipinski definition) is 1. The largest absolute Gasteiger partial charge is 0.367 e. The molecule has 0 saturated heterocycles. The third kappa shape index (κ3) is 2.22. The summed E-state index contributed by atoms with van der Waals surface area (Å²) in [6, 6.07) is 6.50. The van der Waals surface area contributed by atoms with Crippen molar-refractivity contribution in [1.29, 1.82) is 0 Å². The van der Waals surface area contributed by atoms with E-state index in [-0.39, 0.29) is 5.78 Å². The highest BCUT2D eigenvalue weighted by Gasteiger charge is 2.10. The summed E-state index contributed by atoms with van der Waals surface area (Å²) in [5.41, 5.74) is 1.08. The van der Waals surface area contributed by atoms with Gasteiger partial charge in [-0.3, -0.25) is 4.79 Å². The molecule has 0 amide bonds. The van der Waals surface area contributed by atoms with Crippen molar-refractivity contribution in [2.75, 3.05) is 0 Å². The van der Waals surface area contributed by atoms with Gasteiger partial charge in [0.1, 0.15) is 0 Å². The van der Waals surface area contributed by atoms with Crippen LogP contribution in [0.5, 0.6) is 0 Å². The van der Waals surface area contributed by atoms with E-state index < -0.39 is 0 Å². The van der Waals surface area contributed by atoms with Gasteiger partial charge in [0.15, 0.2) is 5.78 Å². The van der Waals surface area contributed by atoms with Crippen molar-refractivity contribution in [2.24, 2.45) is 0 Å². The molecule has 0 fully saturated rings. The van der Waals surface area contributed by atoms with Crippen molar-refractivity contribution in [3.63, 3.8) is 0 Å². The topological polar surface area (TPSA) is 32.9 Å². The summed E-state index contributed by atoms with van der Waals surface area (Å²) in [4.78, 5) is 14.7. The Kier molecular flexibility index (Phi) is 2.80. The first-order valence-electron chi connectivity index (χ1n) is 4.30. The predicted molar refractivity (Wildman–Crippen MR) is 60.7 cm³/mol. The van der Waals surface area contributed by atoms with E-state index >= 15 is 0 Å². The van der Waals surface area contributed by atoms with E-state index in [0.29, 0.717) is 21.2 Å². The fourth-order valence-corrected chi connectivity index (χ4v) is 1.84. The molecule has 1 heterocycles. The van der Waals surface area contributed by atoms with Gasteiger partial charge in [-0.05, 0) is 24.3 Å². The van der Waals surface area contributed by atoms with Crippen molar-refractivity contribution >= 4 is 29.0 Å². The fraction of sp³-hybridized carbons (Fsp3) is 0. The highest BCUT2D eigenvalue weighted by molar-refractivity contribution is 6.35.